The zero-order valence-electron chi connectivity index (χ0n) is 11.0. The summed E-state index contributed by atoms with van der Waals surface area (Å²) in [5, 5.41) is 14.3. The molecule has 1 aliphatic rings. The van der Waals surface area contributed by atoms with Crippen LogP contribution in [0.5, 0.6) is 0 Å². The highest BCUT2D eigenvalue weighted by Crippen LogP contribution is 2.37. The summed E-state index contributed by atoms with van der Waals surface area (Å²) in [6.45, 7) is 4.49. The van der Waals surface area contributed by atoms with Gasteiger partial charge in [-0.15, -0.1) is 0 Å². The molecule has 1 N–H and O–H groups in total. The zero-order chi connectivity index (χ0) is 14.0. The molecule has 0 aliphatic carbocycles. The summed E-state index contributed by atoms with van der Waals surface area (Å²) in [6, 6.07) is 5.16. The fraction of sp³-hybridized carbons (Fsp3) is 0.538. The number of anilines is 1. The van der Waals surface area contributed by atoms with Crippen LogP contribution in [0.15, 0.2) is 22.7 Å². The van der Waals surface area contributed by atoms with Crippen LogP contribution in [-0.2, 0) is 0 Å². The van der Waals surface area contributed by atoms with Gasteiger partial charge in [-0.2, -0.15) is 11.8 Å². The van der Waals surface area contributed by atoms with Gasteiger partial charge >= 0.3 is 0 Å². The molecule has 0 bridgehead atoms. The number of non-ortho nitro benzene ring substituents is 1. The zero-order valence-corrected chi connectivity index (χ0v) is 13.4. The van der Waals surface area contributed by atoms with Gasteiger partial charge in [0.2, 0.25) is 0 Å². The van der Waals surface area contributed by atoms with Crippen LogP contribution < -0.4 is 5.32 Å². The molecule has 0 spiro atoms. The Hall–Kier alpha value is -0.750. The molecule has 0 amide bonds. The van der Waals surface area contributed by atoms with Gasteiger partial charge in [0.05, 0.1) is 10.6 Å². The summed E-state index contributed by atoms with van der Waals surface area (Å²) in [7, 11) is 0. The van der Waals surface area contributed by atoms with Crippen molar-refractivity contribution in [2.24, 2.45) is 5.41 Å². The third-order valence-corrected chi connectivity index (χ3v) is 5.36. The Morgan fingerprint density at radius 1 is 1.53 bits per heavy atom. The topological polar surface area (TPSA) is 55.2 Å². The number of hydrogen-bond acceptors (Lipinski definition) is 4. The molecule has 1 unspecified atom stereocenters. The summed E-state index contributed by atoms with van der Waals surface area (Å²) in [6.07, 6.45) is 1.15. The third kappa shape index (κ3) is 3.42. The molecule has 4 nitrogen and oxygen atoms in total. The predicted molar refractivity (Wildman–Crippen MR) is 83.9 cm³/mol. The Kier molecular flexibility index (Phi) is 4.40. The first kappa shape index (κ1) is 14.7. The maximum Gasteiger partial charge on any atom is 0.271 e. The molecule has 0 aromatic heterocycles. The molecule has 1 saturated heterocycles. The van der Waals surface area contributed by atoms with E-state index in [1.54, 1.807) is 12.1 Å². The smallest absolute Gasteiger partial charge is 0.271 e. The van der Waals surface area contributed by atoms with Gasteiger partial charge in [0.1, 0.15) is 0 Å². The van der Waals surface area contributed by atoms with Crippen molar-refractivity contribution in [3.8, 4) is 0 Å². The fourth-order valence-electron chi connectivity index (χ4n) is 2.10. The van der Waals surface area contributed by atoms with Crippen molar-refractivity contribution in [1.29, 1.82) is 0 Å². The molecule has 1 aliphatic heterocycles. The minimum absolute atomic E-state index is 0.118. The Labute approximate surface area is 125 Å². The molecule has 1 fully saturated rings. The van der Waals surface area contributed by atoms with E-state index in [1.807, 2.05) is 11.8 Å². The second-order valence-electron chi connectivity index (χ2n) is 5.43. The fourth-order valence-corrected chi connectivity index (χ4v) is 4.07. The predicted octanol–water partition coefficient (Wildman–Crippen LogP) is 4.30. The molecular weight excluding hydrogens is 328 g/mol. The van der Waals surface area contributed by atoms with E-state index in [-0.39, 0.29) is 16.0 Å². The van der Waals surface area contributed by atoms with Crippen molar-refractivity contribution in [3.05, 3.63) is 32.8 Å². The number of nitro benzene ring substituents is 1. The van der Waals surface area contributed by atoms with E-state index in [2.05, 4.69) is 35.1 Å². The van der Waals surface area contributed by atoms with E-state index < -0.39 is 0 Å². The van der Waals surface area contributed by atoms with E-state index in [1.165, 1.54) is 11.8 Å². The first-order valence-electron chi connectivity index (χ1n) is 6.18. The molecule has 104 valence electrons. The number of nitro groups is 1. The molecule has 2 rings (SSSR count). The normalized spacial score (nSPS) is 21.9. The lowest BCUT2D eigenvalue weighted by molar-refractivity contribution is -0.384. The number of hydrogen-bond donors (Lipinski definition) is 1. The maximum absolute atomic E-state index is 10.8. The van der Waals surface area contributed by atoms with Crippen molar-refractivity contribution in [2.45, 2.75) is 26.3 Å². The summed E-state index contributed by atoms with van der Waals surface area (Å²) >= 11 is 5.38. The Morgan fingerprint density at radius 3 is 2.89 bits per heavy atom. The van der Waals surface area contributed by atoms with Crippen LogP contribution in [-0.4, -0.2) is 22.5 Å². The van der Waals surface area contributed by atoms with Gasteiger partial charge in [-0.3, -0.25) is 10.1 Å². The highest BCUT2D eigenvalue weighted by Gasteiger charge is 2.33. The lowest BCUT2D eigenvalue weighted by Crippen LogP contribution is -2.41. The molecule has 1 aromatic rings. The van der Waals surface area contributed by atoms with Gasteiger partial charge in [-0.1, -0.05) is 13.8 Å². The Morgan fingerprint density at radius 2 is 2.26 bits per heavy atom. The molecule has 19 heavy (non-hydrogen) atoms. The molecule has 1 heterocycles. The van der Waals surface area contributed by atoms with Crippen LogP contribution in [0.3, 0.4) is 0 Å². The van der Waals surface area contributed by atoms with Gasteiger partial charge in [0, 0.05) is 28.4 Å². The van der Waals surface area contributed by atoms with Crippen LogP contribution in [0.25, 0.3) is 0 Å². The highest BCUT2D eigenvalue weighted by molar-refractivity contribution is 9.10. The first-order chi connectivity index (χ1) is 8.90. The van der Waals surface area contributed by atoms with E-state index in [9.17, 15) is 10.1 Å². The molecule has 0 saturated carbocycles. The van der Waals surface area contributed by atoms with Crippen LogP contribution in [0.4, 0.5) is 11.4 Å². The minimum atomic E-state index is -0.363. The maximum atomic E-state index is 10.8. The second-order valence-corrected chi connectivity index (χ2v) is 7.44. The van der Waals surface area contributed by atoms with E-state index in [4.69, 9.17) is 0 Å². The van der Waals surface area contributed by atoms with Gasteiger partial charge in [-0.05, 0) is 39.6 Å². The molecule has 0 radical (unpaired) electrons. The SMILES string of the molecule is CC1(C)CCSCC1Nc1cc([N+](=O)[O-])ccc1Br. The summed E-state index contributed by atoms with van der Waals surface area (Å²) in [5.74, 6) is 2.21. The van der Waals surface area contributed by atoms with E-state index in [0.717, 1.165) is 22.3 Å². The third-order valence-electron chi connectivity index (χ3n) is 3.61. The monoisotopic (exact) mass is 344 g/mol. The van der Waals surface area contributed by atoms with Crippen molar-refractivity contribution in [3.63, 3.8) is 0 Å². The standard InChI is InChI=1S/C13H17BrN2O2S/c1-13(2)5-6-19-8-12(13)15-11-7-9(16(17)18)3-4-10(11)14/h3-4,7,12,15H,5-6,8H2,1-2H3. The van der Waals surface area contributed by atoms with Crippen molar-refractivity contribution in [1.82, 2.24) is 0 Å². The summed E-state index contributed by atoms with van der Waals surface area (Å²) in [5.41, 5.74) is 1.12. The van der Waals surface area contributed by atoms with Crippen LogP contribution in [0, 0.1) is 15.5 Å². The van der Waals surface area contributed by atoms with Gasteiger partial charge in [-0.25, -0.2) is 0 Å². The Balaban J connectivity index is 2.22. The van der Waals surface area contributed by atoms with E-state index >= 15 is 0 Å². The van der Waals surface area contributed by atoms with Crippen LogP contribution in [0.1, 0.15) is 20.3 Å². The van der Waals surface area contributed by atoms with Gasteiger partial charge < -0.3 is 5.32 Å². The van der Waals surface area contributed by atoms with Gasteiger partial charge in [0.15, 0.2) is 0 Å². The molecule has 6 heteroatoms. The number of nitrogens with one attached hydrogen (secondary N) is 1. The van der Waals surface area contributed by atoms with Crippen molar-refractivity contribution < 1.29 is 4.92 Å². The molecular formula is C13H17BrN2O2S. The first-order valence-corrected chi connectivity index (χ1v) is 8.13. The quantitative estimate of drug-likeness (QED) is 0.655. The number of rotatable bonds is 3. The average Bonchev–Trinajstić information content (AvgIpc) is 2.34. The molecule has 1 atom stereocenters. The number of nitrogens with zero attached hydrogens (tertiary/aromatic N) is 1. The Bertz CT molecular complexity index is 494. The second kappa shape index (κ2) is 5.71. The summed E-state index contributed by atoms with van der Waals surface area (Å²) in [4.78, 5) is 10.5. The van der Waals surface area contributed by atoms with Crippen molar-refractivity contribution >= 4 is 39.1 Å². The number of thioether (sulfide) groups is 1. The molecule has 1 aromatic carbocycles. The summed E-state index contributed by atoms with van der Waals surface area (Å²) < 4.78 is 0.865. The van der Waals surface area contributed by atoms with Crippen LogP contribution in [0.2, 0.25) is 0 Å². The number of halogens is 1. The number of benzene rings is 1. The minimum Gasteiger partial charge on any atom is -0.380 e. The van der Waals surface area contributed by atoms with Gasteiger partial charge in [0.25, 0.3) is 5.69 Å². The average molecular weight is 345 g/mol. The van der Waals surface area contributed by atoms with Crippen molar-refractivity contribution in [2.75, 3.05) is 16.8 Å². The largest absolute Gasteiger partial charge is 0.380 e. The van der Waals surface area contributed by atoms with Crippen LogP contribution >= 0.6 is 27.7 Å². The highest BCUT2D eigenvalue weighted by atomic mass is 79.9. The lowest BCUT2D eigenvalue weighted by Gasteiger charge is -2.39. The lowest BCUT2D eigenvalue weighted by atomic mass is 9.82. The van der Waals surface area contributed by atoms with E-state index in [0.29, 0.717) is 6.04 Å².